The van der Waals surface area contributed by atoms with Gasteiger partial charge in [0.25, 0.3) is 0 Å². The van der Waals surface area contributed by atoms with Crippen molar-refractivity contribution in [3.8, 4) is 0 Å². The summed E-state index contributed by atoms with van der Waals surface area (Å²) in [5, 5.41) is 8.32. The van der Waals surface area contributed by atoms with E-state index >= 15 is 0 Å². The summed E-state index contributed by atoms with van der Waals surface area (Å²) in [6.07, 6.45) is 11.2. The quantitative estimate of drug-likeness (QED) is 0.345. The Morgan fingerprint density at radius 1 is 0.917 bits per heavy atom. The van der Waals surface area contributed by atoms with Crippen molar-refractivity contribution in [2.75, 3.05) is 0 Å². The third-order valence-corrected chi connectivity index (χ3v) is 1.80. The number of carbonyl (C=O) groups is 1. The number of hydrogen-bond donors (Lipinski definition) is 1. The Hall–Kier alpha value is -0.790. The second kappa shape index (κ2) is 10.2. The van der Waals surface area contributed by atoms with Crippen LogP contribution < -0.4 is 0 Å². The monoisotopic (exact) mass is 170 g/mol. The minimum absolute atomic E-state index is 0.705. The first kappa shape index (κ1) is 11.2. The molecule has 0 aliphatic rings. The minimum atomic E-state index is 0.705. The highest BCUT2D eigenvalue weighted by Crippen LogP contribution is 2.06. The summed E-state index contributed by atoms with van der Waals surface area (Å²) in [6.45, 7) is 0. The summed E-state index contributed by atoms with van der Waals surface area (Å²) < 4.78 is 0. The van der Waals surface area contributed by atoms with Gasteiger partial charge < -0.3 is 9.90 Å². The predicted molar refractivity (Wildman–Crippen MR) is 50.2 cm³/mol. The summed E-state index contributed by atoms with van der Waals surface area (Å²) in [4.78, 5) is 9.94. The lowest BCUT2D eigenvalue weighted by Crippen LogP contribution is -1.79. The fourth-order valence-electron chi connectivity index (χ4n) is 1.09. The van der Waals surface area contributed by atoms with Crippen LogP contribution >= 0.6 is 0 Å². The molecule has 0 bridgehead atoms. The van der Waals surface area contributed by atoms with Gasteiger partial charge in [-0.3, -0.25) is 0 Å². The molecular formula is C10H18O2. The molecule has 0 aromatic heterocycles. The van der Waals surface area contributed by atoms with Crippen LogP contribution in [0.5, 0.6) is 0 Å². The van der Waals surface area contributed by atoms with E-state index in [1.54, 1.807) is 6.08 Å². The molecule has 70 valence electrons. The van der Waals surface area contributed by atoms with Crippen LogP contribution in [0, 0.1) is 0 Å². The maximum atomic E-state index is 9.94. The van der Waals surface area contributed by atoms with Gasteiger partial charge in [0.1, 0.15) is 6.29 Å². The molecule has 1 N–H and O–H groups in total. The average Bonchev–Trinajstić information content (AvgIpc) is 2.10. The summed E-state index contributed by atoms with van der Waals surface area (Å²) in [7, 11) is 0. The molecule has 0 rings (SSSR count). The number of allylic oxidation sites excluding steroid dienone is 1. The number of unbranched alkanes of at least 4 members (excludes halogenated alkanes) is 6. The van der Waals surface area contributed by atoms with Gasteiger partial charge in [-0.25, -0.2) is 0 Å². The molecule has 2 nitrogen and oxygen atoms in total. The van der Waals surface area contributed by atoms with Gasteiger partial charge in [0.05, 0.1) is 6.26 Å². The average molecular weight is 170 g/mol. The van der Waals surface area contributed by atoms with Crippen molar-refractivity contribution < 1.29 is 9.90 Å². The highest BCUT2D eigenvalue weighted by Gasteiger charge is 1.88. The van der Waals surface area contributed by atoms with Gasteiger partial charge in [0.15, 0.2) is 0 Å². The number of hydrogen-bond acceptors (Lipinski definition) is 2. The molecule has 0 atom stereocenters. The molecule has 0 aliphatic heterocycles. The molecule has 0 aromatic carbocycles. The first-order chi connectivity index (χ1) is 5.91. The van der Waals surface area contributed by atoms with E-state index in [-0.39, 0.29) is 0 Å². The third-order valence-electron chi connectivity index (χ3n) is 1.80. The number of rotatable bonds is 8. The van der Waals surface area contributed by atoms with Gasteiger partial charge in [-0.1, -0.05) is 25.3 Å². The Bertz CT molecular complexity index is 119. The van der Waals surface area contributed by atoms with Crippen LogP contribution in [0.2, 0.25) is 0 Å². The normalized spacial score (nSPS) is 10.7. The number of aliphatic hydroxyl groups excluding tert-OH is 1. The van der Waals surface area contributed by atoms with E-state index in [2.05, 4.69) is 0 Å². The van der Waals surface area contributed by atoms with Crippen LogP contribution in [0.15, 0.2) is 12.3 Å². The molecule has 0 spiro atoms. The third kappa shape index (κ3) is 9.21. The van der Waals surface area contributed by atoms with Crippen molar-refractivity contribution in [2.45, 2.75) is 44.9 Å². The van der Waals surface area contributed by atoms with Crippen molar-refractivity contribution in [3.63, 3.8) is 0 Å². The molecule has 0 amide bonds. The maximum absolute atomic E-state index is 9.94. The van der Waals surface area contributed by atoms with Crippen molar-refractivity contribution >= 4 is 6.29 Å². The lowest BCUT2D eigenvalue weighted by atomic mass is 10.1. The molecule has 0 aromatic rings. The molecular weight excluding hydrogens is 152 g/mol. The Balaban J connectivity index is 2.86. The SMILES string of the molecule is O=CCCCCCCC/C=C/O. The molecule has 2 heteroatoms. The van der Waals surface area contributed by atoms with Crippen molar-refractivity contribution in [1.29, 1.82) is 0 Å². The van der Waals surface area contributed by atoms with Crippen LogP contribution in [0.25, 0.3) is 0 Å². The van der Waals surface area contributed by atoms with Crippen molar-refractivity contribution in [1.82, 2.24) is 0 Å². The second-order valence-corrected chi connectivity index (χ2v) is 2.90. The second-order valence-electron chi connectivity index (χ2n) is 2.90. The van der Waals surface area contributed by atoms with Crippen LogP contribution in [0.4, 0.5) is 0 Å². The number of aldehydes is 1. The van der Waals surface area contributed by atoms with Gasteiger partial charge in [0.2, 0.25) is 0 Å². The van der Waals surface area contributed by atoms with E-state index in [1.807, 2.05) is 0 Å². The molecule has 0 heterocycles. The Kier molecular flexibility index (Phi) is 9.54. The van der Waals surface area contributed by atoms with E-state index in [4.69, 9.17) is 5.11 Å². The highest BCUT2D eigenvalue weighted by molar-refractivity contribution is 5.48. The Morgan fingerprint density at radius 3 is 2.08 bits per heavy atom. The van der Waals surface area contributed by atoms with E-state index in [1.165, 1.54) is 12.8 Å². The van der Waals surface area contributed by atoms with E-state index < -0.39 is 0 Å². The van der Waals surface area contributed by atoms with E-state index in [0.29, 0.717) is 6.42 Å². The number of carbonyl (C=O) groups excluding carboxylic acids is 1. The molecule has 0 saturated carbocycles. The number of aliphatic hydroxyl groups is 1. The van der Waals surface area contributed by atoms with Gasteiger partial charge in [-0.2, -0.15) is 0 Å². The largest absolute Gasteiger partial charge is 0.516 e. The zero-order chi connectivity index (χ0) is 9.07. The minimum Gasteiger partial charge on any atom is -0.516 e. The fraction of sp³-hybridized carbons (Fsp3) is 0.700. The van der Waals surface area contributed by atoms with Gasteiger partial charge in [-0.05, 0) is 19.3 Å². The summed E-state index contributed by atoms with van der Waals surface area (Å²) in [6, 6.07) is 0. The maximum Gasteiger partial charge on any atom is 0.119 e. The molecule has 0 radical (unpaired) electrons. The molecule has 0 fully saturated rings. The lowest BCUT2D eigenvalue weighted by Gasteiger charge is -1.96. The Labute approximate surface area is 74.3 Å². The molecule has 0 saturated heterocycles. The topological polar surface area (TPSA) is 37.3 Å². The highest BCUT2D eigenvalue weighted by atomic mass is 16.2. The van der Waals surface area contributed by atoms with Gasteiger partial charge in [0, 0.05) is 6.42 Å². The summed E-state index contributed by atoms with van der Waals surface area (Å²) >= 11 is 0. The molecule has 0 unspecified atom stereocenters. The van der Waals surface area contributed by atoms with Gasteiger partial charge >= 0.3 is 0 Å². The predicted octanol–water partition coefficient (Wildman–Crippen LogP) is 2.99. The van der Waals surface area contributed by atoms with Crippen molar-refractivity contribution in [2.24, 2.45) is 0 Å². The summed E-state index contributed by atoms with van der Waals surface area (Å²) in [5.74, 6) is 0. The first-order valence-corrected chi connectivity index (χ1v) is 4.64. The molecule has 12 heavy (non-hydrogen) atoms. The van der Waals surface area contributed by atoms with Crippen molar-refractivity contribution in [3.05, 3.63) is 12.3 Å². The zero-order valence-corrected chi connectivity index (χ0v) is 7.54. The first-order valence-electron chi connectivity index (χ1n) is 4.64. The van der Waals surface area contributed by atoms with E-state index in [0.717, 1.165) is 38.2 Å². The standard InChI is InChI=1S/C10H18O2/c11-9-7-5-3-1-2-4-6-8-10-12/h7,9-11H,1-6,8H2/b9-7+. The smallest absolute Gasteiger partial charge is 0.119 e. The summed E-state index contributed by atoms with van der Waals surface area (Å²) in [5.41, 5.74) is 0. The zero-order valence-electron chi connectivity index (χ0n) is 7.54. The lowest BCUT2D eigenvalue weighted by molar-refractivity contribution is -0.107. The van der Waals surface area contributed by atoms with Crippen LogP contribution in [-0.4, -0.2) is 11.4 Å². The van der Waals surface area contributed by atoms with Crippen LogP contribution in [-0.2, 0) is 4.79 Å². The van der Waals surface area contributed by atoms with Gasteiger partial charge in [-0.15, -0.1) is 0 Å². The fourth-order valence-corrected chi connectivity index (χ4v) is 1.09. The van der Waals surface area contributed by atoms with E-state index in [9.17, 15) is 4.79 Å². The molecule has 0 aliphatic carbocycles. The Morgan fingerprint density at radius 2 is 1.50 bits per heavy atom. The van der Waals surface area contributed by atoms with Crippen LogP contribution in [0.1, 0.15) is 44.9 Å². The van der Waals surface area contributed by atoms with Crippen LogP contribution in [0.3, 0.4) is 0 Å².